The molecule has 0 aliphatic rings. The molecule has 0 bridgehead atoms. The molecule has 0 N–H and O–H groups in total. The van der Waals surface area contributed by atoms with Crippen molar-refractivity contribution in [2.24, 2.45) is 0 Å². The van der Waals surface area contributed by atoms with Gasteiger partial charge in [0.15, 0.2) is 0 Å². The van der Waals surface area contributed by atoms with Crippen LogP contribution >= 0.6 is 0 Å². The molecular weight excluding hydrogens is 203 g/mol. The van der Waals surface area contributed by atoms with E-state index in [1.165, 1.54) is 5.56 Å². The summed E-state index contributed by atoms with van der Waals surface area (Å²) in [5, 5.41) is 0. The zero-order valence-corrected chi connectivity index (χ0v) is 11.0. The molecule has 0 nitrogen and oxygen atoms in total. The number of hydrogen-bond acceptors (Lipinski definition) is 0. The second-order valence-corrected chi connectivity index (χ2v) is 5.16. The zero-order chi connectivity index (χ0) is 5.98. The molecule has 0 heterocycles. The average Bonchev–Trinajstić information content (AvgIpc) is 1.77. The van der Waals surface area contributed by atoms with Gasteiger partial charge in [-0.15, -0.1) is 0 Å². The minimum atomic E-state index is 0.693. The molecular formula is C7H10Sn. The summed E-state index contributed by atoms with van der Waals surface area (Å²) >= 11 is 0.693. The molecule has 0 fully saturated rings. The number of benzene rings is 1. The van der Waals surface area contributed by atoms with Gasteiger partial charge in [0.05, 0.1) is 0 Å². The van der Waals surface area contributed by atoms with Gasteiger partial charge in [-0.05, 0) is 0 Å². The van der Waals surface area contributed by atoms with Gasteiger partial charge < -0.3 is 0 Å². The Hall–Kier alpha value is 0.0187. The molecule has 0 aliphatic carbocycles. The van der Waals surface area contributed by atoms with Crippen molar-refractivity contribution in [1.82, 2.24) is 0 Å². The SMILES string of the molecule is Cc1cccc[c]1[SnH3]. The third kappa shape index (κ3) is 1.25. The first kappa shape index (κ1) is 6.14. The summed E-state index contributed by atoms with van der Waals surface area (Å²) in [5.74, 6) is 0. The second-order valence-electron chi connectivity index (χ2n) is 2.08. The molecule has 1 aromatic rings. The van der Waals surface area contributed by atoms with Crippen LogP contribution in [0.15, 0.2) is 24.3 Å². The van der Waals surface area contributed by atoms with Crippen molar-refractivity contribution in [2.75, 3.05) is 0 Å². The predicted molar refractivity (Wildman–Crippen MR) is 40.8 cm³/mol. The van der Waals surface area contributed by atoms with Crippen molar-refractivity contribution < 1.29 is 0 Å². The van der Waals surface area contributed by atoms with Gasteiger partial charge in [0.1, 0.15) is 0 Å². The summed E-state index contributed by atoms with van der Waals surface area (Å²) in [6.45, 7) is 2.17. The quantitative estimate of drug-likeness (QED) is 0.531. The second kappa shape index (κ2) is 2.53. The van der Waals surface area contributed by atoms with E-state index in [4.69, 9.17) is 0 Å². The topological polar surface area (TPSA) is 0 Å². The third-order valence-corrected chi connectivity index (χ3v) is 4.63. The molecule has 0 aliphatic heterocycles. The number of hydrogen-bond donors (Lipinski definition) is 0. The Morgan fingerprint density at radius 1 is 1.25 bits per heavy atom. The normalized spacial score (nSPS) is 9.62. The van der Waals surface area contributed by atoms with Crippen LogP contribution in [0.1, 0.15) is 5.56 Å². The fraction of sp³-hybridized carbons (Fsp3) is 0.143. The van der Waals surface area contributed by atoms with Crippen LogP contribution in [0.25, 0.3) is 0 Å². The van der Waals surface area contributed by atoms with Crippen molar-refractivity contribution >= 4 is 26.1 Å². The van der Waals surface area contributed by atoms with Crippen molar-refractivity contribution in [3.63, 3.8) is 0 Å². The van der Waals surface area contributed by atoms with Gasteiger partial charge >= 0.3 is 62.9 Å². The summed E-state index contributed by atoms with van der Waals surface area (Å²) in [7, 11) is 0. The molecule has 0 unspecified atom stereocenters. The summed E-state index contributed by atoms with van der Waals surface area (Å²) < 4.78 is 1.58. The molecule has 0 atom stereocenters. The van der Waals surface area contributed by atoms with Crippen molar-refractivity contribution in [2.45, 2.75) is 6.92 Å². The van der Waals surface area contributed by atoms with Crippen LogP contribution in [-0.4, -0.2) is 22.5 Å². The Labute approximate surface area is 63.0 Å². The fourth-order valence-electron chi connectivity index (χ4n) is 0.663. The number of aryl methyl sites for hydroxylation is 1. The molecule has 0 saturated heterocycles. The third-order valence-electron chi connectivity index (χ3n) is 1.43. The van der Waals surface area contributed by atoms with Crippen molar-refractivity contribution in [3.05, 3.63) is 29.8 Å². The average molecular weight is 213 g/mol. The Kier molecular flexibility index (Phi) is 1.95. The van der Waals surface area contributed by atoms with Gasteiger partial charge in [-0.1, -0.05) is 0 Å². The van der Waals surface area contributed by atoms with Gasteiger partial charge in [-0.3, -0.25) is 0 Å². The molecule has 0 radical (unpaired) electrons. The Morgan fingerprint density at radius 3 is 2.25 bits per heavy atom. The summed E-state index contributed by atoms with van der Waals surface area (Å²) in [4.78, 5) is 0. The summed E-state index contributed by atoms with van der Waals surface area (Å²) in [6, 6.07) is 8.59. The minimum absolute atomic E-state index is 0.693. The zero-order valence-electron chi connectivity index (χ0n) is 5.31. The van der Waals surface area contributed by atoms with E-state index in [0.717, 1.165) is 0 Å². The van der Waals surface area contributed by atoms with Gasteiger partial charge in [0.25, 0.3) is 0 Å². The molecule has 1 rings (SSSR count). The number of rotatable bonds is 0. The van der Waals surface area contributed by atoms with Crippen LogP contribution in [0.2, 0.25) is 0 Å². The van der Waals surface area contributed by atoms with Crippen molar-refractivity contribution in [3.8, 4) is 0 Å². The van der Waals surface area contributed by atoms with E-state index in [1.807, 2.05) is 0 Å². The van der Waals surface area contributed by atoms with Crippen LogP contribution in [0.5, 0.6) is 0 Å². The van der Waals surface area contributed by atoms with E-state index in [0.29, 0.717) is 22.5 Å². The molecule has 42 valence electrons. The van der Waals surface area contributed by atoms with E-state index < -0.39 is 0 Å². The van der Waals surface area contributed by atoms with E-state index in [-0.39, 0.29) is 0 Å². The van der Waals surface area contributed by atoms with E-state index in [2.05, 4.69) is 31.2 Å². The summed E-state index contributed by atoms with van der Waals surface area (Å²) in [6.07, 6.45) is 0. The van der Waals surface area contributed by atoms with Gasteiger partial charge in [0.2, 0.25) is 0 Å². The van der Waals surface area contributed by atoms with Gasteiger partial charge in [-0.25, -0.2) is 0 Å². The first-order valence-corrected chi connectivity index (χ1v) is 5.68. The van der Waals surface area contributed by atoms with E-state index in [9.17, 15) is 0 Å². The maximum atomic E-state index is 2.21. The molecule has 0 saturated carbocycles. The van der Waals surface area contributed by atoms with Crippen LogP contribution in [0.4, 0.5) is 0 Å². The van der Waals surface area contributed by atoms with E-state index >= 15 is 0 Å². The Bertz CT molecular complexity index is 160. The fourth-order valence-corrected chi connectivity index (χ4v) is 1.69. The van der Waals surface area contributed by atoms with Crippen molar-refractivity contribution in [1.29, 1.82) is 0 Å². The predicted octanol–water partition coefficient (Wildman–Crippen LogP) is -0.0143. The van der Waals surface area contributed by atoms with Crippen LogP contribution in [-0.2, 0) is 0 Å². The van der Waals surface area contributed by atoms with E-state index in [1.54, 1.807) is 3.58 Å². The van der Waals surface area contributed by atoms with Gasteiger partial charge in [-0.2, -0.15) is 0 Å². The summed E-state index contributed by atoms with van der Waals surface area (Å²) in [5.41, 5.74) is 1.46. The van der Waals surface area contributed by atoms with Crippen LogP contribution in [0, 0.1) is 6.92 Å². The Morgan fingerprint density at radius 2 is 1.88 bits per heavy atom. The molecule has 8 heavy (non-hydrogen) atoms. The standard InChI is InChI=1S/C7H7.Sn.3H/c1-7-5-3-2-4-6-7;;;;/h2-5H,1H3;;;;. The van der Waals surface area contributed by atoms with Crippen LogP contribution < -0.4 is 3.58 Å². The molecule has 0 spiro atoms. The molecule has 1 heteroatoms. The van der Waals surface area contributed by atoms with Gasteiger partial charge in [0, 0.05) is 0 Å². The maximum absolute atomic E-state index is 2.21. The van der Waals surface area contributed by atoms with Crippen LogP contribution in [0.3, 0.4) is 0 Å². The molecule has 1 aromatic carbocycles. The first-order valence-electron chi connectivity index (χ1n) is 2.83. The first-order chi connectivity index (χ1) is 3.80. The Balaban J connectivity index is 3.13. The molecule has 0 amide bonds. The molecule has 0 aromatic heterocycles. The monoisotopic (exact) mass is 214 g/mol.